The summed E-state index contributed by atoms with van der Waals surface area (Å²) in [6.07, 6.45) is -1.32. The summed E-state index contributed by atoms with van der Waals surface area (Å²) < 4.78 is 0. The largest absolute Gasteiger partial charge is 0.481 e. The molecule has 8 heteroatoms. The lowest BCUT2D eigenvalue weighted by atomic mass is 10.3. The van der Waals surface area contributed by atoms with E-state index in [0.29, 0.717) is 10.7 Å². The molecule has 0 radical (unpaired) electrons. The molecule has 0 aliphatic carbocycles. The maximum atomic E-state index is 9.00. The van der Waals surface area contributed by atoms with Crippen molar-refractivity contribution in [2.24, 2.45) is 0 Å². The first-order valence-electron chi connectivity index (χ1n) is 4.06. The number of carboxylic acid groups (broad SMARTS) is 2. The third-order valence-electron chi connectivity index (χ3n) is 0.760. The number of carbonyl (C=O) groups is 2. The normalized spacial score (nSPS) is 12.1. The van der Waals surface area contributed by atoms with E-state index in [1.54, 1.807) is 0 Å². The molecule has 2 unspecified atom stereocenters. The average molecular weight is 368 g/mol. The van der Waals surface area contributed by atoms with Crippen LogP contribution in [0.3, 0.4) is 0 Å². The summed E-state index contributed by atoms with van der Waals surface area (Å²) in [4.78, 5) is 18.0. The fraction of sp³-hybridized carbons (Fsp3) is 0.750. The third-order valence-corrected chi connectivity index (χ3v) is 2.09. The number of rotatable bonds is 3. The van der Waals surface area contributed by atoms with Crippen molar-refractivity contribution in [3.8, 4) is 0 Å². The summed E-state index contributed by atoms with van der Waals surface area (Å²) in [7, 11) is 0. The van der Waals surface area contributed by atoms with Gasteiger partial charge in [0.15, 0.2) is 0 Å². The van der Waals surface area contributed by atoms with Crippen molar-refractivity contribution >= 4 is 43.8 Å². The Kier molecular flexibility index (Phi) is 19.6. The van der Waals surface area contributed by atoms with E-state index < -0.39 is 24.1 Å². The Balaban J connectivity index is -0.000000179. The van der Waals surface area contributed by atoms with E-state index in [4.69, 9.17) is 30.0 Å². The second-order valence-corrected chi connectivity index (χ2v) is 3.78. The lowest BCUT2D eigenvalue weighted by molar-refractivity contribution is -0.135. The van der Waals surface area contributed by atoms with E-state index in [1.165, 1.54) is 0 Å². The maximum Gasteiger partial charge on any atom is 0.300 e. The highest BCUT2D eigenvalue weighted by Gasteiger charge is 2.11. The van der Waals surface area contributed by atoms with Gasteiger partial charge in [-0.1, -0.05) is 31.9 Å². The van der Waals surface area contributed by atoms with Gasteiger partial charge < -0.3 is 20.4 Å². The zero-order chi connectivity index (χ0) is 13.7. The van der Waals surface area contributed by atoms with Crippen LogP contribution in [0.15, 0.2) is 0 Å². The molecule has 0 aromatic rings. The number of hydrogen-bond acceptors (Lipinski definition) is 4. The van der Waals surface area contributed by atoms with Gasteiger partial charge >= 0.3 is 0 Å². The van der Waals surface area contributed by atoms with Crippen LogP contribution in [0.5, 0.6) is 0 Å². The van der Waals surface area contributed by atoms with Crippen LogP contribution < -0.4 is 0 Å². The van der Waals surface area contributed by atoms with E-state index in [0.717, 1.165) is 13.8 Å². The van der Waals surface area contributed by atoms with Gasteiger partial charge in [0.05, 0.1) is 12.2 Å². The highest BCUT2D eigenvalue weighted by molar-refractivity contribution is 9.09. The van der Waals surface area contributed by atoms with Crippen molar-refractivity contribution in [3.63, 3.8) is 0 Å². The van der Waals surface area contributed by atoms with Crippen LogP contribution in [-0.2, 0) is 9.59 Å². The van der Waals surface area contributed by atoms with E-state index in [9.17, 15) is 0 Å². The Labute approximate surface area is 111 Å². The lowest BCUT2D eigenvalue weighted by Gasteiger charge is -2.10. The molecule has 4 N–H and O–H groups in total. The summed E-state index contributed by atoms with van der Waals surface area (Å²) in [5, 5.41) is 33.3. The van der Waals surface area contributed by atoms with E-state index >= 15 is 0 Å². The van der Waals surface area contributed by atoms with Gasteiger partial charge in [-0.3, -0.25) is 9.59 Å². The monoisotopic (exact) mass is 366 g/mol. The Morgan fingerprint density at radius 2 is 1.06 bits per heavy atom. The molecule has 0 aliphatic heterocycles. The Hall–Kier alpha value is -0.180. The molecule has 0 rings (SSSR count). The van der Waals surface area contributed by atoms with E-state index in [-0.39, 0.29) is 0 Å². The molecule has 0 saturated carbocycles. The first-order chi connectivity index (χ1) is 7.18. The molecule has 98 valence electrons. The summed E-state index contributed by atoms with van der Waals surface area (Å²) in [5.41, 5.74) is 0. The molecular weight excluding hydrogens is 352 g/mol. The Bertz CT molecular complexity index is 159. The standard InChI is InChI=1S/C4H8Br2O2.2C2H4O2/c5-1-3(7)4(8)2-6;2*1-2(3)4/h3-4,7-8H,1-2H2;2*1H3,(H,3,4). The van der Waals surface area contributed by atoms with Gasteiger partial charge in [0.1, 0.15) is 0 Å². The summed E-state index contributed by atoms with van der Waals surface area (Å²) in [6, 6.07) is 0. The molecule has 0 spiro atoms. The first-order valence-corrected chi connectivity index (χ1v) is 6.30. The van der Waals surface area contributed by atoms with E-state index in [1.807, 2.05) is 0 Å². The summed E-state index contributed by atoms with van der Waals surface area (Å²) in [6.45, 7) is 2.17. The second-order valence-electron chi connectivity index (χ2n) is 2.48. The number of alkyl halides is 2. The van der Waals surface area contributed by atoms with Gasteiger partial charge in [-0.15, -0.1) is 0 Å². The topological polar surface area (TPSA) is 115 Å². The van der Waals surface area contributed by atoms with Crippen LogP contribution in [0, 0.1) is 0 Å². The Morgan fingerprint density at radius 3 is 1.12 bits per heavy atom. The molecule has 16 heavy (non-hydrogen) atoms. The molecule has 0 bridgehead atoms. The zero-order valence-electron chi connectivity index (χ0n) is 8.93. The van der Waals surface area contributed by atoms with Crippen LogP contribution in [0.2, 0.25) is 0 Å². The van der Waals surface area contributed by atoms with E-state index in [2.05, 4.69) is 31.9 Å². The van der Waals surface area contributed by atoms with Gasteiger partial charge in [-0.05, 0) is 0 Å². The lowest BCUT2D eigenvalue weighted by Crippen LogP contribution is -2.28. The number of aliphatic hydroxyl groups is 2. The zero-order valence-corrected chi connectivity index (χ0v) is 12.1. The maximum absolute atomic E-state index is 9.00. The van der Waals surface area contributed by atoms with Crippen LogP contribution in [0.4, 0.5) is 0 Å². The summed E-state index contributed by atoms with van der Waals surface area (Å²) in [5.74, 6) is -1.67. The van der Waals surface area contributed by atoms with Crippen molar-refractivity contribution in [2.45, 2.75) is 26.1 Å². The molecule has 0 amide bonds. The predicted octanol–water partition coefficient (Wildman–Crippen LogP) is 0.680. The third kappa shape index (κ3) is 37.1. The minimum absolute atomic E-state index is 0.416. The fourth-order valence-electron chi connectivity index (χ4n) is 0.206. The Morgan fingerprint density at radius 1 is 0.938 bits per heavy atom. The molecule has 6 nitrogen and oxygen atoms in total. The molecule has 0 aliphatic rings. The van der Waals surface area contributed by atoms with Crippen molar-refractivity contribution in [2.75, 3.05) is 10.7 Å². The molecule has 0 heterocycles. The van der Waals surface area contributed by atoms with Crippen molar-refractivity contribution in [1.29, 1.82) is 0 Å². The van der Waals surface area contributed by atoms with Gasteiger partial charge in [0.2, 0.25) is 0 Å². The fourth-order valence-corrected chi connectivity index (χ4v) is 1.07. The quantitative estimate of drug-likeness (QED) is 0.545. The first kappa shape index (κ1) is 21.1. The smallest absolute Gasteiger partial charge is 0.300 e. The number of carboxylic acids is 2. The minimum Gasteiger partial charge on any atom is -0.481 e. The summed E-state index contributed by atoms with van der Waals surface area (Å²) >= 11 is 6.05. The number of aliphatic carboxylic acids is 2. The average Bonchev–Trinajstić information content (AvgIpc) is 2.13. The van der Waals surface area contributed by atoms with Crippen LogP contribution in [-0.4, -0.2) is 55.2 Å². The van der Waals surface area contributed by atoms with Gasteiger partial charge in [-0.25, -0.2) is 0 Å². The van der Waals surface area contributed by atoms with Crippen LogP contribution in [0.1, 0.15) is 13.8 Å². The molecular formula is C8H16Br2O6. The van der Waals surface area contributed by atoms with Crippen molar-refractivity contribution in [3.05, 3.63) is 0 Å². The van der Waals surface area contributed by atoms with Gasteiger partial charge in [-0.2, -0.15) is 0 Å². The van der Waals surface area contributed by atoms with Crippen LogP contribution >= 0.6 is 31.9 Å². The minimum atomic E-state index is -0.833. The number of halogens is 2. The molecule has 0 saturated heterocycles. The molecule has 2 atom stereocenters. The molecule has 0 aromatic carbocycles. The SMILES string of the molecule is CC(=O)O.CC(=O)O.OC(CBr)C(O)CBr. The van der Waals surface area contributed by atoms with Crippen molar-refractivity contribution < 1.29 is 30.0 Å². The predicted molar refractivity (Wildman–Crippen MR) is 66.2 cm³/mol. The highest BCUT2D eigenvalue weighted by atomic mass is 79.9. The second kappa shape index (κ2) is 14.8. The van der Waals surface area contributed by atoms with Gasteiger partial charge in [0, 0.05) is 24.5 Å². The number of aliphatic hydroxyl groups excluding tert-OH is 2. The number of hydrogen-bond donors (Lipinski definition) is 4. The molecule has 0 fully saturated rings. The highest BCUT2D eigenvalue weighted by Crippen LogP contribution is 2.00. The van der Waals surface area contributed by atoms with Crippen molar-refractivity contribution in [1.82, 2.24) is 0 Å². The molecule has 0 aromatic heterocycles. The van der Waals surface area contributed by atoms with Gasteiger partial charge in [0.25, 0.3) is 11.9 Å². The van der Waals surface area contributed by atoms with Crippen LogP contribution in [0.25, 0.3) is 0 Å².